The lowest BCUT2D eigenvalue weighted by Crippen LogP contribution is -2.54. The predicted molar refractivity (Wildman–Crippen MR) is 165 cm³/mol. The van der Waals surface area contributed by atoms with Crippen molar-refractivity contribution in [3.8, 4) is 0 Å². The van der Waals surface area contributed by atoms with Gasteiger partial charge in [-0.25, -0.2) is 8.42 Å². The fourth-order valence-corrected chi connectivity index (χ4v) is 5.45. The van der Waals surface area contributed by atoms with E-state index in [0.29, 0.717) is 5.69 Å². The molecule has 0 unspecified atom stereocenters. The van der Waals surface area contributed by atoms with Gasteiger partial charge in [-0.1, -0.05) is 77.5 Å². The lowest BCUT2D eigenvalue weighted by atomic mass is 10.0. The third kappa shape index (κ3) is 8.41. The second-order valence-corrected chi connectivity index (χ2v) is 12.9. The molecule has 2 amide bonds. The highest BCUT2D eigenvalue weighted by Crippen LogP contribution is 2.25. The fraction of sp³-hybridized carbons (Fsp3) is 0.355. The number of nitrogens with zero attached hydrogens (tertiary/aromatic N) is 2. The first kappa shape index (κ1) is 31.4. The molecule has 0 radical (unpaired) electrons. The summed E-state index contributed by atoms with van der Waals surface area (Å²) in [5, 5.41) is 3.04. The Hall–Kier alpha value is -3.17. The van der Waals surface area contributed by atoms with Crippen molar-refractivity contribution in [1.29, 1.82) is 0 Å². The van der Waals surface area contributed by atoms with Gasteiger partial charge in [-0.15, -0.1) is 0 Å². The largest absolute Gasteiger partial charge is 0.352 e. The summed E-state index contributed by atoms with van der Waals surface area (Å²) in [5.41, 5.74) is 3.99. The Labute approximate surface area is 246 Å². The Balaban J connectivity index is 2.08. The van der Waals surface area contributed by atoms with Crippen LogP contribution in [0.2, 0.25) is 0 Å². The third-order valence-electron chi connectivity index (χ3n) is 6.98. The van der Waals surface area contributed by atoms with Crippen molar-refractivity contribution in [3.05, 3.63) is 99.5 Å². The van der Waals surface area contributed by atoms with Crippen LogP contribution in [0.1, 0.15) is 42.5 Å². The van der Waals surface area contributed by atoms with Crippen LogP contribution < -0.4 is 9.62 Å². The van der Waals surface area contributed by atoms with Crippen molar-refractivity contribution in [2.24, 2.45) is 0 Å². The number of hydrogen-bond donors (Lipinski definition) is 1. The van der Waals surface area contributed by atoms with Crippen LogP contribution in [0.15, 0.2) is 77.3 Å². The molecule has 3 aromatic carbocycles. The molecule has 0 aliphatic heterocycles. The number of nitrogens with one attached hydrogen (secondary N) is 1. The van der Waals surface area contributed by atoms with Crippen molar-refractivity contribution in [3.63, 3.8) is 0 Å². The summed E-state index contributed by atoms with van der Waals surface area (Å²) in [6.45, 7) is 7.44. The van der Waals surface area contributed by atoms with Gasteiger partial charge in [-0.2, -0.15) is 0 Å². The number of amides is 2. The maximum absolute atomic E-state index is 14.2. The second-order valence-electron chi connectivity index (χ2n) is 10.2. The van der Waals surface area contributed by atoms with E-state index in [1.807, 2.05) is 82.3 Å². The molecule has 40 heavy (non-hydrogen) atoms. The van der Waals surface area contributed by atoms with Crippen LogP contribution in [0.3, 0.4) is 0 Å². The first-order valence-electron chi connectivity index (χ1n) is 13.3. The van der Waals surface area contributed by atoms with Gasteiger partial charge < -0.3 is 10.2 Å². The topological polar surface area (TPSA) is 86.8 Å². The molecule has 9 heteroatoms. The summed E-state index contributed by atoms with van der Waals surface area (Å²) < 4.78 is 27.8. The molecule has 2 atom stereocenters. The molecular weight excluding hydrogens is 590 g/mol. The zero-order chi connectivity index (χ0) is 29.4. The minimum Gasteiger partial charge on any atom is -0.352 e. The number of anilines is 1. The molecule has 0 saturated carbocycles. The van der Waals surface area contributed by atoms with Crippen LogP contribution in [0.5, 0.6) is 0 Å². The molecule has 0 saturated heterocycles. The van der Waals surface area contributed by atoms with Gasteiger partial charge in [0.1, 0.15) is 12.6 Å². The first-order valence-corrected chi connectivity index (χ1v) is 16.0. The van der Waals surface area contributed by atoms with E-state index >= 15 is 0 Å². The number of benzene rings is 3. The van der Waals surface area contributed by atoms with Gasteiger partial charge in [0, 0.05) is 23.5 Å². The minimum absolute atomic E-state index is 0.0838. The number of halogens is 1. The van der Waals surface area contributed by atoms with Crippen molar-refractivity contribution < 1.29 is 18.0 Å². The lowest BCUT2D eigenvalue weighted by molar-refractivity contribution is -0.140. The van der Waals surface area contributed by atoms with Gasteiger partial charge in [0.25, 0.3) is 0 Å². The van der Waals surface area contributed by atoms with Gasteiger partial charge in [0.15, 0.2) is 0 Å². The van der Waals surface area contributed by atoms with Gasteiger partial charge in [-0.05, 0) is 67.6 Å². The van der Waals surface area contributed by atoms with Gasteiger partial charge in [0.2, 0.25) is 21.8 Å². The highest BCUT2D eigenvalue weighted by atomic mass is 79.9. The van der Waals surface area contributed by atoms with Crippen LogP contribution in [-0.4, -0.2) is 50.0 Å². The van der Waals surface area contributed by atoms with Crippen LogP contribution in [0, 0.1) is 13.8 Å². The normalized spacial score (nSPS) is 12.8. The summed E-state index contributed by atoms with van der Waals surface area (Å²) in [5.74, 6) is -0.736. The average Bonchev–Trinajstić information content (AvgIpc) is 2.91. The van der Waals surface area contributed by atoms with Crippen molar-refractivity contribution in [1.82, 2.24) is 10.2 Å². The number of hydrogen-bond acceptors (Lipinski definition) is 4. The number of sulfonamides is 1. The lowest BCUT2D eigenvalue weighted by Gasteiger charge is -2.34. The van der Waals surface area contributed by atoms with Gasteiger partial charge >= 0.3 is 0 Å². The van der Waals surface area contributed by atoms with E-state index in [-0.39, 0.29) is 24.9 Å². The third-order valence-corrected chi connectivity index (χ3v) is 9.01. The molecular formula is C31H38BrN3O4S. The number of carbonyl (C=O) groups is 2. The van der Waals surface area contributed by atoms with E-state index in [2.05, 4.69) is 21.2 Å². The van der Waals surface area contributed by atoms with E-state index in [0.717, 1.165) is 43.7 Å². The molecule has 0 spiro atoms. The van der Waals surface area contributed by atoms with E-state index in [9.17, 15) is 18.0 Å². The Bertz CT molecular complexity index is 1430. The average molecular weight is 629 g/mol. The van der Waals surface area contributed by atoms with E-state index in [4.69, 9.17) is 0 Å². The SMILES string of the molecule is CC[C@@H](C)NC(=O)[C@@H](Cc1ccccc1)N(Cc1ccccc1C)C(=O)CN(c1ccc(Br)c(C)c1)S(C)(=O)=O. The molecule has 3 rings (SSSR count). The van der Waals surface area contributed by atoms with Crippen LogP contribution in [-0.2, 0) is 32.6 Å². The summed E-state index contributed by atoms with van der Waals surface area (Å²) >= 11 is 3.45. The van der Waals surface area contributed by atoms with Gasteiger partial charge in [-0.3, -0.25) is 13.9 Å². The molecule has 0 aliphatic rings. The monoisotopic (exact) mass is 627 g/mol. The van der Waals surface area contributed by atoms with Crippen molar-refractivity contribution in [2.75, 3.05) is 17.1 Å². The zero-order valence-corrected chi connectivity index (χ0v) is 26.1. The predicted octanol–water partition coefficient (Wildman–Crippen LogP) is 5.39. The first-order chi connectivity index (χ1) is 18.9. The maximum Gasteiger partial charge on any atom is 0.244 e. The zero-order valence-electron chi connectivity index (χ0n) is 23.7. The van der Waals surface area contributed by atoms with Crippen molar-refractivity contribution in [2.45, 2.75) is 59.2 Å². The van der Waals surface area contributed by atoms with E-state index < -0.39 is 28.5 Å². The molecule has 3 aromatic rings. The number of carbonyl (C=O) groups excluding carboxylic acids is 2. The maximum atomic E-state index is 14.2. The molecule has 1 N–H and O–H groups in total. The quantitative estimate of drug-likeness (QED) is 0.292. The number of aryl methyl sites for hydroxylation is 2. The van der Waals surface area contributed by atoms with Crippen LogP contribution in [0.4, 0.5) is 5.69 Å². The molecule has 0 aliphatic carbocycles. The Morgan fingerprint density at radius 3 is 2.20 bits per heavy atom. The Morgan fingerprint density at radius 2 is 1.60 bits per heavy atom. The molecule has 0 aromatic heterocycles. The van der Waals surface area contributed by atoms with Crippen molar-refractivity contribution >= 4 is 43.5 Å². The summed E-state index contributed by atoms with van der Waals surface area (Å²) in [6, 6.07) is 21.4. The molecule has 7 nitrogen and oxygen atoms in total. The summed E-state index contributed by atoms with van der Waals surface area (Å²) in [4.78, 5) is 29.4. The number of rotatable bonds is 12. The highest BCUT2D eigenvalue weighted by molar-refractivity contribution is 9.10. The van der Waals surface area contributed by atoms with Crippen LogP contribution in [0.25, 0.3) is 0 Å². The highest BCUT2D eigenvalue weighted by Gasteiger charge is 2.33. The minimum atomic E-state index is -3.81. The van der Waals surface area contributed by atoms with E-state index in [1.54, 1.807) is 18.2 Å². The second kappa shape index (κ2) is 13.9. The molecule has 214 valence electrons. The standard InChI is InChI=1S/C31H38BrN3O4S/c1-6-24(4)33-31(37)29(19-25-13-8-7-9-14-25)34(20-26-15-11-10-12-22(26)2)30(36)21-35(40(5,38)39)27-16-17-28(32)23(3)18-27/h7-18,24,29H,6,19-21H2,1-5H3,(H,33,37)/t24-,29-/m1/s1. The molecule has 0 bridgehead atoms. The summed E-state index contributed by atoms with van der Waals surface area (Å²) in [7, 11) is -3.81. The van der Waals surface area contributed by atoms with Crippen LogP contribution >= 0.6 is 15.9 Å². The summed E-state index contributed by atoms with van der Waals surface area (Å²) in [6.07, 6.45) is 2.11. The van der Waals surface area contributed by atoms with E-state index in [1.165, 1.54) is 4.90 Å². The molecule has 0 fully saturated rings. The Kier molecular flexibility index (Phi) is 10.9. The fourth-order valence-electron chi connectivity index (χ4n) is 4.36. The van der Waals surface area contributed by atoms with Gasteiger partial charge in [0.05, 0.1) is 11.9 Å². The molecule has 0 heterocycles. The Morgan fingerprint density at radius 1 is 0.950 bits per heavy atom. The smallest absolute Gasteiger partial charge is 0.244 e.